The fourth-order valence-corrected chi connectivity index (χ4v) is 0.631. The zero-order valence-electron chi connectivity index (χ0n) is 6.15. The van der Waals surface area contributed by atoms with Crippen molar-refractivity contribution in [2.75, 3.05) is 27.2 Å². The molecule has 0 radical (unpaired) electrons. The van der Waals surface area contributed by atoms with Crippen LogP contribution in [-0.4, -0.2) is 32.3 Å². The number of nitrogens with zero attached hydrogens (tertiary/aromatic N) is 1. The summed E-state index contributed by atoms with van der Waals surface area (Å²) in [4.78, 5) is 0. The first-order valence-electron chi connectivity index (χ1n) is 3.29. The molecule has 9 heavy (non-hydrogen) atoms. The topological polar surface area (TPSA) is 15.3 Å². The van der Waals surface area contributed by atoms with Crippen LogP contribution in [0.15, 0.2) is 0 Å². The minimum absolute atomic E-state index is 0.543. The van der Waals surface area contributed by atoms with Gasteiger partial charge in [-0.05, 0) is 26.4 Å². The highest BCUT2D eigenvalue weighted by atomic mass is 19.2. The van der Waals surface area contributed by atoms with Crippen molar-refractivity contribution in [1.82, 2.24) is 10.4 Å². The summed E-state index contributed by atoms with van der Waals surface area (Å²) < 4.78 is 11.9. The molecule has 1 N–H and O–H groups in total. The molecule has 0 heterocycles. The summed E-state index contributed by atoms with van der Waals surface area (Å²) in [5.41, 5.74) is 0. The van der Waals surface area contributed by atoms with Crippen LogP contribution < -0.4 is 5.32 Å². The molecule has 0 amide bonds. The summed E-state index contributed by atoms with van der Waals surface area (Å²) in [7, 11) is 3.35. The Kier molecular flexibility index (Phi) is 5.88. The van der Waals surface area contributed by atoms with Gasteiger partial charge in [-0.2, -0.15) is 0 Å². The smallest absolute Gasteiger partial charge is 0.0287 e. The Balaban J connectivity index is 2.75. The van der Waals surface area contributed by atoms with Crippen molar-refractivity contribution in [1.29, 1.82) is 0 Å². The first-order chi connectivity index (χ1) is 4.27. The first-order valence-corrected chi connectivity index (χ1v) is 3.29. The highest BCUT2D eigenvalue weighted by Gasteiger charge is 1.91. The van der Waals surface area contributed by atoms with Gasteiger partial charge in [-0.25, -0.2) is 0 Å². The molecule has 0 aromatic rings. The van der Waals surface area contributed by atoms with E-state index in [0.717, 1.165) is 24.5 Å². The molecule has 0 saturated heterocycles. The van der Waals surface area contributed by atoms with Gasteiger partial charge in [0.15, 0.2) is 0 Å². The van der Waals surface area contributed by atoms with E-state index in [1.807, 2.05) is 7.05 Å². The SMILES string of the molecule is CNCCCCN(C)F. The van der Waals surface area contributed by atoms with Gasteiger partial charge < -0.3 is 5.32 Å². The lowest BCUT2D eigenvalue weighted by molar-refractivity contribution is 0.0582. The van der Waals surface area contributed by atoms with E-state index in [2.05, 4.69) is 5.32 Å². The Bertz CT molecular complexity index is 57.0. The van der Waals surface area contributed by atoms with Crippen LogP contribution in [0, 0.1) is 0 Å². The largest absolute Gasteiger partial charge is 0.320 e. The van der Waals surface area contributed by atoms with E-state index in [4.69, 9.17) is 0 Å². The molecule has 0 aliphatic heterocycles. The van der Waals surface area contributed by atoms with Crippen molar-refractivity contribution in [3.8, 4) is 0 Å². The summed E-state index contributed by atoms with van der Waals surface area (Å²) in [5, 5.41) is 3.72. The van der Waals surface area contributed by atoms with Crippen LogP contribution in [-0.2, 0) is 0 Å². The van der Waals surface area contributed by atoms with Gasteiger partial charge in [0.25, 0.3) is 0 Å². The number of halogens is 1. The normalized spacial score (nSPS) is 10.7. The second-order valence-corrected chi connectivity index (χ2v) is 2.14. The lowest BCUT2D eigenvalue weighted by Gasteiger charge is -2.03. The summed E-state index contributed by atoms with van der Waals surface area (Å²) in [6, 6.07) is 0. The standard InChI is InChI=1S/C6H15FN2/c1-8-5-3-4-6-9(2)7/h8H,3-6H2,1-2H3. The van der Waals surface area contributed by atoms with E-state index in [0.29, 0.717) is 6.54 Å². The van der Waals surface area contributed by atoms with Crippen LogP contribution >= 0.6 is 0 Å². The minimum Gasteiger partial charge on any atom is -0.320 e. The highest BCUT2D eigenvalue weighted by Crippen LogP contribution is 1.90. The molecule has 0 bridgehead atoms. The molecule has 0 aliphatic rings. The maximum atomic E-state index is 11.9. The number of rotatable bonds is 5. The fourth-order valence-electron chi connectivity index (χ4n) is 0.631. The summed E-state index contributed by atoms with van der Waals surface area (Å²) in [6.07, 6.45) is 1.97. The molecule has 2 nitrogen and oxygen atoms in total. The van der Waals surface area contributed by atoms with Gasteiger partial charge >= 0.3 is 0 Å². The number of hydrogen-bond donors (Lipinski definition) is 1. The van der Waals surface area contributed by atoms with Gasteiger partial charge in [-0.1, -0.05) is 0 Å². The van der Waals surface area contributed by atoms with Crippen molar-refractivity contribution in [2.24, 2.45) is 0 Å². The zero-order valence-corrected chi connectivity index (χ0v) is 6.15. The van der Waals surface area contributed by atoms with Gasteiger partial charge in [-0.3, -0.25) is 0 Å². The van der Waals surface area contributed by atoms with Crippen LogP contribution in [0.2, 0.25) is 0 Å². The Hall–Kier alpha value is -0.150. The lowest BCUT2D eigenvalue weighted by Crippen LogP contribution is -2.12. The predicted molar refractivity (Wildman–Crippen MR) is 36.9 cm³/mol. The Morgan fingerprint density at radius 1 is 1.44 bits per heavy atom. The molecule has 0 aromatic carbocycles. The monoisotopic (exact) mass is 134 g/mol. The van der Waals surface area contributed by atoms with Gasteiger partial charge in [0.1, 0.15) is 0 Å². The number of nitrogens with one attached hydrogen (secondary N) is 1. The predicted octanol–water partition coefficient (Wildman–Crippen LogP) is 0.802. The molecule has 0 spiro atoms. The van der Waals surface area contributed by atoms with E-state index in [1.54, 1.807) is 0 Å². The summed E-state index contributed by atoms with van der Waals surface area (Å²) in [6.45, 7) is 1.52. The molecule has 0 fully saturated rings. The van der Waals surface area contributed by atoms with Crippen molar-refractivity contribution < 1.29 is 4.48 Å². The van der Waals surface area contributed by atoms with Crippen LogP contribution in [0.25, 0.3) is 0 Å². The van der Waals surface area contributed by atoms with Gasteiger partial charge in [-0.15, -0.1) is 9.60 Å². The van der Waals surface area contributed by atoms with Gasteiger partial charge in [0.05, 0.1) is 0 Å². The number of unbranched alkanes of at least 4 members (excludes halogenated alkanes) is 1. The number of hydrogen-bond acceptors (Lipinski definition) is 2. The molecule has 0 atom stereocenters. The van der Waals surface area contributed by atoms with Crippen LogP contribution in [0.1, 0.15) is 12.8 Å². The van der Waals surface area contributed by atoms with Gasteiger partial charge in [0, 0.05) is 13.6 Å². The average molecular weight is 134 g/mol. The summed E-state index contributed by atoms with van der Waals surface area (Å²) >= 11 is 0. The molecule has 56 valence electrons. The van der Waals surface area contributed by atoms with Crippen LogP contribution in [0.3, 0.4) is 0 Å². The first kappa shape index (κ1) is 8.85. The highest BCUT2D eigenvalue weighted by molar-refractivity contribution is 4.43. The molecule has 0 rings (SSSR count). The molecule has 3 heteroatoms. The zero-order chi connectivity index (χ0) is 7.11. The van der Waals surface area contributed by atoms with Crippen LogP contribution in [0.4, 0.5) is 4.48 Å². The van der Waals surface area contributed by atoms with E-state index in [1.165, 1.54) is 7.05 Å². The van der Waals surface area contributed by atoms with Crippen molar-refractivity contribution in [2.45, 2.75) is 12.8 Å². The average Bonchev–Trinajstić information content (AvgIpc) is 1.80. The Morgan fingerprint density at radius 2 is 2.11 bits per heavy atom. The molecule has 0 unspecified atom stereocenters. The van der Waals surface area contributed by atoms with Crippen molar-refractivity contribution in [3.63, 3.8) is 0 Å². The Labute approximate surface area is 56.0 Å². The molecule has 0 aromatic heterocycles. The molecule has 0 aliphatic carbocycles. The third-order valence-corrected chi connectivity index (χ3v) is 1.14. The van der Waals surface area contributed by atoms with Crippen molar-refractivity contribution >= 4 is 0 Å². The lowest BCUT2D eigenvalue weighted by atomic mass is 10.3. The van der Waals surface area contributed by atoms with Crippen molar-refractivity contribution in [3.05, 3.63) is 0 Å². The second kappa shape index (κ2) is 5.98. The summed E-state index contributed by atoms with van der Waals surface area (Å²) in [5.74, 6) is 0. The Morgan fingerprint density at radius 3 is 2.56 bits per heavy atom. The quantitative estimate of drug-likeness (QED) is 0.442. The van der Waals surface area contributed by atoms with E-state index >= 15 is 0 Å². The molecular weight excluding hydrogens is 119 g/mol. The van der Waals surface area contributed by atoms with E-state index in [9.17, 15) is 4.48 Å². The second-order valence-electron chi connectivity index (χ2n) is 2.14. The third-order valence-electron chi connectivity index (χ3n) is 1.14. The van der Waals surface area contributed by atoms with Crippen LogP contribution in [0.5, 0.6) is 0 Å². The molecule has 0 saturated carbocycles. The molecular formula is C6H15FN2. The maximum Gasteiger partial charge on any atom is 0.0287 e. The van der Waals surface area contributed by atoms with Gasteiger partial charge in [0.2, 0.25) is 0 Å². The third kappa shape index (κ3) is 7.85. The fraction of sp³-hybridized carbons (Fsp3) is 1.00. The van der Waals surface area contributed by atoms with E-state index in [-0.39, 0.29) is 0 Å². The maximum absolute atomic E-state index is 11.9. The van der Waals surface area contributed by atoms with E-state index < -0.39 is 0 Å². The minimum atomic E-state index is 0.543.